The number of ether oxygens (including phenoxy) is 1. The van der Waals surface area contributed by atoms with Crippen LogP contribution in [0.2, 0.25) is 0 Å². The summed E-state index contributed by atoms with van der Waals surface area (Å²) in [7, 11) is -2.64. The van der Waals surface area contributed by atoms with Crippen molar-refractivity contribution in [1.82, 2.24) is 9.55 Å². The zero-order chi connectivity index (χ0) is 19.5. The summed E-state index contributed by atoms with van der Waals surface area (Å²) in [6, 6.07) is 4.14. The number of aromatic amines is 1. The molecule has 12 nitrogen and oxygen atoms in total. The lowest BCUT2D eigenvalue weighted by Gasteiger charge is -2.20. The van der Waals surface area contributed by atoms with Gasteiger partial charge in [-0.15, -0.1) is 0 Å². The van der Waals surface area contributed by atoms with Crippen LogP contribution in [0.5, 0.6) is 0 Å². The zero-order valence-electron chi connectivity index (χ0n) is 13.3. The first-order chi connectivity index (χ1) is 12.2. The number of hydrogen-bond acceptors (Lipinski definition) is 10. The molecular formula is C13H15N4O8P. The maximum absolute atomic E-state index is 11.8. The van der Waals surface area contributed by atoms with Gasteiger partial charge in [-0.25, -0.2) is 4.79 Å². The second kappa shape index (κ2) is 8.03. The van der Waals surface area contributed by atoms with Crippen molar-refractivity contribution in [2.75, 3.05) is 6.61 Å². The van der Waals surface area contributed by atoms with Crippen molar-refractivity contribution in [2.45, 2.75) is 37.1 Å². The molecule has 140 valence electrons. The van der Waals surface area contributed by atoms with E-state index >= 15 is 0 Å². The van der Waals surface area contributed by atoms with E-state index in [2.05, 4.69) is 0 Å². The molecule has 3 unspecified atom stereocenters. The third kappa shape index (κ3) is 4.33. The quantitative estimate of drug-likeness (QED) is 0.406. The van der Waals surface area contributed by atoms with Gasteiger partial charge in [0.1, 0.15) is 30.5 Å². The van der Waals surface area contributed by atoms with E-state index in [9.17, 15) is 24.7 Å². The Balaban J connectivity index is 2.02. The SMILES string of the molecule is CC(C#N)(C#N)OP(O)OC[C@@H]1O[C@H](n2ccc(=O)[nH]c2=O)C(O)C1O. The Kier molecular flexibility index (Phi) is 6.23. The molecule has 5 atom stereocenters. The number of nitrogens with one attached hydrogen (secondary N) is 1. The van der Waals surface area contributed by atoms with E-state index in [1.807, 2.05) is 4.98 Å². The summed E-state index contributed by atoms with van der Waals surface area (Å²) >= 11 is 0. The molecule has 0 bridgehead atoms. The molecule has 1 fully saturated rings. The molecule has 2 heterocycles. The molecule has 0 amide bonds. The van der Waals surface area contributed by atoms with Crippen LogP contribution in [0.3, 0.4) is 0 Å². The Morgan fingerprint density at radius 2 is 2.04 bits per heavy atom. The van der Waals surface area contributed by atoms with Gasteiger partial charge in [-0.3, -0.25) is 18.9 Å². The predicted octanol–water partition coefficient (Wildman–Crippen LogP) is -1.79. The van der Waals surface area contributed by atoms with Gasteiger partial charge in [0.05, 0.1) is 6.61 Å². The van der Waals surface area contributed by atoms with Crippen LogP contribution in [0.4, 0.5) is 0 Å². The zero-order valence-corrected chi connectivity index (χ0v) is 14.2. The van der Waals surface area contributed by atoms with E-state index in [-0.39, 0.29) is 0 Å². The van der Waals surface area contributed by atoms with E-state index < -0.39 is 56.6 Å². The van der Waals surface area contributed by atoms with Gasteiger partial charge in [0, 0.05) is 12.3 Å². The Labute approximate surface area is 147 Å². The van der Waals surface area contributed by atoms with Crippen LogP contribution in [0, 0.1) is 22.7 Å². The molecule has 1 aromatic rings. The lowest BCUT2D eigenvalue weighted by molar-refractivity contribution is -0.0538. The molecule has 1 aliphatic rings. The van der Waals surface area contributed by atoms with E-state index in [1.165, 1.54) is 0 Å². The number of hydrogen-bond donors (Lipinski definition) is 4. The minimum absolute atomic E-state index is 0.456. The summed E-state index contributed by atoms with van der Waals surface area (Å²) in [5.41, 5.74) is -3.40. The van der Waals surface area contributed by atoms with Crippen LogP contribution in [0.25, 0.3) is 0 Å². The molecule has 13 heteroatoms. The molecule has 1 aromatic heterocycles. The average Bonchev–Trinajstić information content (AvgIpc) is 2.88. The highest BCUT2D eigenvalue weighted by Crippen LogP contribution is 2.39. The van der Waals surface area contributed by atoms with Crippen molar-refractivity contribution in [2.24, 2.45) is 0 Å². The number of nitrogens with zero attached hydrogens (tertiary/aromatic N) is 3. The van der Waals surface area contributed by atoms with Crippen LogP contribution in [-0.2, 0) is 13.8 Å². The normalized spacial score (nSPS) is 26.8. The fourth-order valence-electron chi connectivity index (χ4n) is 2.11. The highest BCUT2D eigenvalue weighted by Gasteiger charge is 2.44. The largest absolute Gasteiger partial charge is 0.387 e. The monoisotopic (exact) mass is 386 g/mol. The summed E-state index contributed by atoms with van der Waals surface area (Å²) in [4.78, 5) is 34.5. The maximum atomic E-state index is 11.8. The third-order valence-electron chi connectivity index (χ3n) is 3.50. The number of aromatic nitrogens is 2. The number of aliphatic hydroxyl groups excluding tert-OH is 2. The van der Waals surface area contributed by atoms with Gasteiger partial charge in [-0.1, -0.05) is 0 Å². The van der Waals surface area contributed by atoms with Gasteiger partial charge in [0.2, 0.25) is 5.60 Å². The van der Waals surface area contributed by atoms with Crippen LogP contribution in [0.15, 0.2) is 21.9 Å². The topological polar surface area (TPSA) is 191 Å². The second-order valence-electron chi connectivity index (χ2n) is 5.45. The van der Waals surface area contributed by atoms with E-state index in [0.717, 1.165) is 23.8 Å². The van der Waals surface area contributed by atoms with Crippen molar-refractivity contribution < 1.29 is 28.9 Å². The Morgan fingerprint density at radius 3 is 2.62 bits per heavy atom. The second-order valence-corrected chi connectivity index (χ2v) is 6.36. The number of nitriles is 2. The highest BCUT2D eigenvalue weighted by molar-refractivity contribution is 7.40. The molecule has 0 radical (unpaired) electrons. The van der Waals surface area contributed by atoms with Gasteiger partial charge in [-0.05, 0) is 6.92 Å². The summed E-state index contributed by atoms with van der Waals surface area (Å²) in [5.74, 6) is 0. The first-order valence-corrected chi connectivity index (χ1v) is 8.30. The summed E-state index contributed by atoms with van der Waals surface area (Å²) in [5, 5.41) is 37.6. The molecule has 0 aromatic carbocycles. The molecule has 0 saturated carbocycles. The van der Waals surface area contributed by atoms with Crippen LogP contribution < -0.4 is 11.2 Å². The third-order valence-corrected chi connectivity index (χ3v) is 4.39. The van der Waals surface area contributed by atoms with Gasteiger partial charge >= 0.3 is 14.3 Å². The smallest absolute Gasteiger partial charge is 0.332 e. The van der Waals surface area contributed by atoms with Crippen molar-refractivity contribution >= 4 is 8.60 Å². The number of rotatable bonds is 6. The van der Waals surface area contributed by atoms with Crippen molar-refractivity contribution in [3.63, 3.8) is 0 Å². The Morgan fingerprint density at radius 1 is 1.38 bits per heavy atom. The minimum Gasteiger partial charge on any atom is -0.387 e. The summed E-state index contributed by atoms with van der Waals surface area (Å²) < 4.78 is 16.0. The lowest BCUT2D eigenvalue weighted by atomic mass is 10.1. The Hall–Kier alpha value is -2.15. The van der Waals surface area contributed by atoms with Crippen molar-refractivity contribution in [3.05, 3.63) is 33.1 Å². The number of H-pyrrole nitrogens is 1. The minimum atomic E-state index is -2.64. The van der Waals surface area contributed by atoms with E-state index in [0.29, 0.717) is 0 Å². The molecule has 0 aliphatic carbocycles. The van der Waals surface area contributed by atoms with E-state index in [4.69, 9.17) is 24.3 Å². The van der Waals surface area contributed by atoms with Gasteiger partial charge in [0.25, 0.3) is 5.56 Å². The van der Waals surface area contributed by atoms with Crippen molar-refractivity contribution in [1.29, 1.82) is 10.5 Å². The van der Waals surface area contributed by atoms with Gasteiger partial charge < -0.3 is 24.4 Å². The molecule has 26 heavy (non-hydrogen) atoms. The average molecular weight is 386 g/mol. The Bertz CT molecular complexity index is 828. The maximum Gasteiger partial charge on any atom is 0.332 e. The summed E-state index contributed by atoms with van der Waals surface area (Å²) in [6.07, 6.45) is -4.33. The molecule has 4 N–H and O–H groups in total. The molecule has 1 saturated heterocycles. The lowest BCUT2D eigenvalue weighted by Crippen LogP contribution is -2.37. The van der Waals surface area contributed by atoms with Crippen LogP contribution in [0.1, 0.15) is 13.2 Å². The highest BCUT2D eigenvalue weighted by atomic mass is 31.2. The van der Waals surface area contributed by atoms with Crippen LogP contribution >= 0.6 is 8.60 Å². The molecule has 2 rings (SSSR count). The van der Waals surface area contributed by atoms with Crippen molar-refractivity contribution in [3.8, 4) is 12.1 Å². The fourth-order valence-corrected chi connectivity index (χ4v) is 2.83. The summed E-state index contributed by atoms with van der Waals surface area (Å²) in [6.45, 7) is 0.674. The standard InChI is InChI=1S/C13H15N4O8P/c1-13(5-14,6-15)25-26(22)23-4-7-9(19)10(20)11(24-7)17-3-2-8(18)16-12(17)21/h2-3,7,9-11,19-20,22H,4H2,1H3,(H,16,18,21)/t7-,9?,10?,11-,26?/m0/s1. The molecular weight excluding hydrogens is 371 g/mol. The van der Waals surface area contributed by atoms with Crippen LogP contribution in [-0.4, -0.2) is 55.2 Å². The first kappa shape index (κ1) is 20.2. The predicted molar refractivity (Wildman–Crippen MR) is 83.1 cm³/mol. The molecule has 1 aliphatic heterocycles. The van der Waals surface area contributed by atoms with Gasteiger partial charge in [-0.2, -0.15) is 10.5 Å². The number of aliphatic hydroxyl groups is 2. The fraction of sp³-hybridized carbons (Fsp3) is 0.538. The first-order valence-electron chi connectivity index (χ1n) is 7.17. The molecule has 0 spiro atoms. The van der Waals surface area contributed by atoms with Gasteiger partial charge in [0.15, 0.2) is 6.23 Å². The van der Waals surface area contributed by atoms with E-state index in [1.54, 1.807) is 12.1 Å².